The Kier molecular flexibility index (Phi) is 12.4. The second kappa shape index (κ2) is 20.6. The lowest BCUT2D eigenvalue weighted by Gasteiger charge is -2.31. The Morgan fingerprint density at radius 2 is 0.675 bits per heavy atom. The van der Waals surface area contributed by atoms with Gasteiger partial charge in [-0.1, -0.05) is 218 Å². The molecule has 4 aliphatic heterocycles. The highest BCUT2D eigenvalue weighted by atomic mass is 31.2. The largest absolute Gasteiger partial charge is 0.452 e. The van der Waals surface area contributed by atoms with Crippen molar-refractivity contribution >= 4 is 58.4 Å². The Hall–Kier alpha value is -8.78. The quantitative estimate of drug-likeness (QED) is 0.152. The highest BCUT2D eigenvalue weighted by molar-refractivity contribution is 7.67. The maximum Gasteiger partial charge on any atom is 0.452 e. The van der Waals surface area contributed by atoms with Crippen LogP contribution in [0.3, 0.4) is 0 Å². The lowest BCUT2D eigenvalue weighted by molar-refractivity contribution is 0.0994. The summed E-state index contributed by atoms with van der Waals surface area (Å²) in [4.78, 5) is 0. The Bertz CT molecular complexity index is 4380. The molecule has 2 atom stereocenters. The molecule has 0 spiro atoms. The zero-order valence-corrected chi connectivity index (χ0v) is 47.0. The molecule has 0 radical (unpaired) electrons. The first kappa shape index (κ1) is 50.0. The lowest BCUT2D eigenvalue weighted by atomic mass is 9.86. The molecule has 0 bridgehead atoms. The number of nitrogens with zero attached hydrogens (tertiary/aromatic N) is 2. The topological polar surface area (TPSA) is 92.1 Å². The van der Waals surface area contributed by atoms with E-state index in [2.05, 4.69) is 223 Å². The highest BCUT2D eigenvalue weighted by Gasteiger charge is 2.47. The van der Waals surface area contributed by atoms with Gasteiger partial charge in [-0.25, -0.2) is 0 Å². The van der Waals surface area contributed by atoms with E-state index in [1.165, 1.54) is 0 Å². The van der Waals surface area contributed by atoms with Gasteiger partial charge in [-0.2, -0.15) is 9.83 Å². The predicted octanol–water partition coefficient (Wildman–Crippen LogP) is 20.3. The van der Waals surface area contributed by atoms with Crippen LogP contribution in [0.4, 0.5) is 0 Å². The molecule has 2 fully saturated rings. The van der Waals surface area contributed by atoms with E-state index in [-0.39, 0.29) is 0 Å². The van der Waals surface area contributed by atoms with E-state index in [0.717, 1.165) is 123 Å². The second-order valence-corrected chi connectivity index (χ2v) is 25.5. The van der Waals surface area contributed by atoms with Crippen molar-refractivity contribution < 1.29 is 27.6 Å². The van der Waals surface area contributed by atoms with Crippen molar-refractivity contribution in [1.82, 2.24) is 5.09 Å². The van der Waals surface area contributed by atoms with E-state index in [0.29, 0.717) is 49.1 Å². The van der Waals surface area contributed by atoms with Crippen LogP contribution in [0.15, 0.2) is 252 Å². The molecule has 16 rings (SSSR count). The Morgan fingerprint density at radius 3 is 1.01 bits per heavy atom. The van der Waals surface area contributed by atoms with Gasteiger partial charge in [0, 0.05) is 57.7 Å². The zero-order chi connectivity index (χ0) is 54.9. The molecule has 2 unspecified atom stereocenters. The van der Waals surface area contributed by atoms with Gasteiger partial charge in [-0.05, 0) is 115 Å². The number of benzene rings is 12. The molecule has 12 aromatic carbocycles. The van der Waals surface area contributed by atoms with Crippen LogP contribution in [0.2, 0.25) is 0 Å². The SMILES string of the molecule is c1ccc(-c2cc3ccccc3c3c2OP(=NC2CCCO2)(N=P2(NC4CCCO4)Oc4c(-c5ccccc5)cc5ccccc5c4-c4c(c(-c5ccccc5)cc5ccccc45)O2)Oc2c(-c4ccccc4)cc4ccccc4c2-3)cc1. The minimum Gasteiger partial charge on any atom is -0.417 e. The predicted molar refractivity (Wildman–Crippen MR) is 338 cm³/mol. The molecule has 0 aliphatic carbocycles. The molecule has 12 aromatic rings. The number of fused-ring (bicyclic) bond motifs is 14. The third-order valence-corrected chi connectivity index (χ3v) is 21.1. The first-order valence-corrected chi connectivity index (χ1v) is 31.7. The average molecular weight is 1120 g/mol. The third-order valence-electron chi connectivity index (χ3n) is 16.3. The van der Waals surface area contributed by atoms with Gasteiger partial charge in [0.1, 0.15) is 29.2 Å². The number of hydrogen-bond donors (Lipinski definition) is 1. The fraction of sp³-hybridized carbons (Fsp3) is 0.111. The van der Waals surface area contributed by atoms with Gasteiger partial charge in [0.05, 0.1) is 0 Å². The summed E-state index contributed by atoms with van der Waals surface area (Å²) < 4.78 is 58.1. The van der Waals surface area contributed by atoms with Gasteiger partial charge in [0.25, 0.3) is 0 Å². The fourth-order valence-electron chi connectivity index (χ4n) is 12.6. The van der Waals surface area contributed by atoms with E-state index in [9.17, 15) is 0 Å². The second-order valence-electron chi connectivity index (χ2n) is 21.5. The minimum absolute atomic E-state index is 0.518. The van der Waals surface area contributed by atoms with Gasteiger partial charge >= 0.3 is 15.3 Å². The maximum atomic E-state index is 8.20. The van der Waals surface area contributed by atoms with E-state index in [4.69, 9.17) is 36.8 Å². The number of hydrogen-bond acceptors (Lipinski definition) is 7. The van der Waals surface area contributed by atoms with Crippen LogP contribution in [0.25, 0.3) is 110 Å². The van der Waals surface area contributed by atoms with Gasteiger partial charge in [-0.3, -0.25) is 0 Å². The minimum atomic E-state index is -4.30. The van der Waals surface area contributed by atoms with Crippen LogP contribution in [0, 0.1) is 0 Å². The normalized spacial score (nSPS) is 17.4. The summed E-state index contributed by atoms with van der Waals surface area (Å²) in [5.74, 6) is 2.37. The van der Waals surface area contributed by atoms with Crippen molar-refractivity contribution in [3.8, 4) is 89.8 Å². The molecule has 0 aromatic heterocycles. The van der Waals surface area contributed by atoms with E-state index < -0.39 is 27.8 Å². The van der Waals surface area contributed by atoms with Crippen molar-refractivity contribution in [2.45, 2.75) is 38.1 Å². The molecule has 0 amide bonds. The molecular weight excluding hydrogens is 1060 g/mol. The molecular formula is C72H55N3O6P2. The summed E-state index contributed by atoms with van der Waals surface area (Å²) >= 11 is 0. The molecule has 9 nitrogen and oxygen atoms in total. The molecule has 2 saturated heterocycles. The van der Waals surface area contributed by atoms with Crippen LogP contribution in [-0.2, 0) is 9.47 Å². The van der Waals surface area contributed by atoms with Crippen molar-refractivity contribution in [1.29, 1.82) is 0 Å². The molecule has 1 N–H and O–H groups in total. The first-order chi connectivity index (χ1) is 41.0. The van der Waals surface area contributed by atoms with Crippen LogP contribution >= 0.6 is 15.3 Å². The van der Waals surface area contributed by atoms with Crippen molar-refractivity contribution in [2.75, 3.05) is 13.2 Å². The molecule has 404 valence electrons. The number of ether oxygens (including phenoxy) is 2. The number of nitrogens with one attached hydrogen (secondary N) is 1. The van der Waals surface area contributed by atoms with E-state index in [1.54, 1.807) is 0 Å². The van der Waals surface area contributed by atoms with Gasteiger partial charge < -0.3 is 27.6 Å². The first-order valence-electron chi connectivity index (χ1n) is 28.5. The van der Waals surface area contributed by atoms with Crippen LogP contribution in [-0.4, -0.2) is 25.7 Å². The maximum absolute atomic E-state index is 8.20. The lowest BCUT2D eigenvalue weighted by Crippen LogP contribution is -2.30. The standard InChI is InChI=1S/C72H55N3O6P2/c1-5-23-47(24-6-1)59-43-51-31-13-17-35-55(51)65-66-56-36-18-14-32-52(56)44-60(48-25-7-2-8-26-48)70(66)79-82(78-69(59)65,73-63-39-21-41-76-63)75-83(74-64-40-22-42-77-64)80-71-61(49-27-9-3-10-28-49)45-53-33-15-19-37-57(53)67(71)68-58-38-20-16-34-54(58)46-62(72(68)81-83)50-29-11-4-12-30-50/h1-20,23-38,43-46,63-64,73H,21-22,39-42H2. The van der Waals surface area contributed by atoms with Crippen molar-refractivity contribution in [2.24, 2.45) is 9.26 Å². The van der Waals surface area contributed by atoms with Gasteiger partial charge in [0.15, 0.2) is 6.23 Å². The summed E-state index contributed by atoms with van der Waals surface area (Å²) in [6, 6.07) is 85.0. The number of rotatable bonds is 8. The summed E-state index contributed by atoms with van der Waals surface area (Å²) in [6.45, 7) is 1.06. The molecule has 0 saturated carbocycles. The summed E-state index contributed by atoms with van der Waals surface area (Å²) in [5.41, 5.74) is 10.8. The molecule has 11 heteroatoms. The average Bonchev–Trinajstić information content (AvgIpc) is 1.85. The van der Waals surface area contributed by atoms with Crippen LogP contribution in [0.1, 0.15) is 25.7 Å². The third kappa shape index (κ3) is 8.82. The Labute approximate surface area is 481 Å². The summed E-state index contributed by atoms with van der Waals surface area (Å²) in [5, 5.41) is 12.1. The highest BCUT2D eigenvalue weighted by Crippen LogP contribution is 2.72. The smallest absolute Gasteiger partial charge is 0.417 e. The fourth-order valence-corrected chi connectivity index (χ4v) is 17.8. The summed E-state index contributed by atoms with van der Waals surface area (Å²) in [6.07, 6.45) is 1.72. The van der Waals surface area contributed by atoms with Crippen LogP contribution in [0.5, 0.6) is 23.0 Å². The van der Waals surface area contributed by atoms with Crippen molar-refractivity contribution in [3.05, 3.63) is 243 Å². The molecule has 4 aliphatic rings. The summed E-state index contributed by atoms with van der Waals surface area (Å²) in [7, 11) is -8.50. The Morgan fingerprint density at radius 1 is 0.349 bits per heavy atom. The molecule has 83 heavy (non-hydrogen) atoms. The van der Waals surface area contributed by atoms with E-state index in [1.807, 2.05) is 24.3 Å². The van der Waals surface area contributed by atoms with Gasteiger partial charge in [0.2, 0.25) is 0 Å². The zero-order valence-electron chi connectivity index (χ0n) is 45.2. The monoisotopic (exact) mass is 1120 g/mol. The van der Waals surface area contributed by atoms with E-state index >= 15 is 0 Å². The van der Waals surface area contributed by atoms with Crippen molar-refractivity contribution in [3.63, 3.8) is 0 Å². The van der Waals surface area contributed by atoms with Crippen LogP contribution < -0.4 is 23.2 Å². The van der Waals surface area contributed by atoms with Gasteiger partial charge in [-0.15, -0.1) is 4.52 Å². The molecule has 4 heterocycles. The Balaban J connectivity index is 1.10.